The topological polar surface area (TPSA) is 28.7 Å². The molecule has 0 aliphatic carbocycles. The van der Waals surface area contributed by atoms with E-state index >= 15 is 0 Å². The van der Waals surface area contributed by atoms with E-state index < -0.39 is 0 Å². The lowest BCUT2D eigenvalue weighted by Gasteiger charge is -2.06. The van der Waals surface area contributed by atoms with Crippen LogP contribution in [-0.4, -0.2) is 4.57 Å². The van der Waals surface area contributed by atoms with Crippen molar-refractivity contribution in [2.24, 2.45) is 0 Å². The van der Waals surface area contributed by atoms with Crippen LogP contribution in [0.1, 0.15) is 22.3 Å². The number of rotatable bonds is 4. The normalized spacial score (nSPS) is 11.6. The summed E-state index contributed by atoms with van der Waals surface area (Å²) in [5.41, 5.74) is 5.72. The zero-order chi connectivity index (χ0) is 20.4. The number of halogens is 2. The van der Waals surface area contributed by atoms with E-state index in [9.17, 15) is 9.65 Å². The summed E-state index contributed by atoms with van der Waals surface area (Å²) in [7, 11) is 0. The lowest BCUT2D eigenvalue weighted by Crippen LogP contribution is -1.97. The molecule has 0 N–H and O–H groups in total. The molecule has 4 heteroatoms. The summed E-state index contributed by atoms with van der Waals surface area (Å²) in [5.74, 6) is -0.241. The molecular formula is C25H18BrFN2. The van der Waals surface area contributed by atoms with E-state index in [1.807, 2.05) is 49.5 Å². The number of nitriles is 1. The van der Waals surface area contributed by atoms with Crippen LogP contribution in [0.2, 0.25) is 0 Å². The molecule has 1 heterocycles. The average Bonchev–Trinajstić information content (AvgIpc) is 3.05. The second-order valence-corrected chi connectivity index (χ2v) is 7.95. The molecule has 0 bridgehead atoms. The van der Waals surface area contributed by atoms with Crippen LogP contribution in [0.5, 0.6) is 0 Å². The average molecular weight is 445 g/mol. The first-order valence-corrected chi connectivity index (χ1v) is 10.0. The fourth-order valence-corrected chi connectivity index (χ4v) is 3.74. The zero-order valence-electron chi connectivity index (χ0n) is 15.9. The van der Waals surface area contributed by atoms with Gasteiger partial charge in [-0.1, -0.05) is 64.0 Å². The van der Waals surface area contributed by atoms with Gasteiger partial charge in [-0.05, 0) is 48.4 Å². The first kappa shape index (κ1) is 19.2. The molecule has 1 aromatic heterocycles. The van der Waals surface area contributed by atoms with Gasteiger partial charge in [-0.3, -0.25) is 0 Å². The molecule has 3 aromatic carbocycles. The Morgan fingerprint density at radius 2 is 1.79 bits per heavy atom. The van der Waals surface area contributed by atoms with Crippen molar-refractivity contribution in [2.45, 2.75) is 13.5 Å². The fourth-order valence-electron chi connectivity index (χ4n) is 3.39. The minimum atomic E-state index is -0.241. The van der Waals surface area contributed by atoms with Crippen molar-refractivity contribution in [2.75, 3.05) is 0 Å². The summed E-state index contributed by atoms with van der Waals surface area (Å²) in [4.78, 5) is 0. The maximum Gasteiger partial charge on any atom is 0.123 e. The molecule has 0 aliphatic rings. The Morgan fingerprint density at radius 3 is 2.48 bits per heavy atom. The number of benzene rings is 3. The van der Waals surface area contributed by atoms with Crippen molar-refractivity contribution in [1.29, 1.82) is 5.26 Å². The van der Waals surface area contributed by atoms with E-state index in [-0.39, 0.29) is 5.82 Å². The molecule has 4 aromatic rings. The standard InChI is InChI=1S/C25H18BrFN2/c1-17-2-6-19(7-3-17)20(14-28)12-21-16-29(15-18-4-9-23(27)10-5-18)25-13-22(26)8-11-24(21)25/h2-13,16H,15H2,1H3/b20-12+. The van der Waals surface area contributed by atoms with Crippen LogP contribution < -0.4 is 0 Å². The molecule has 0 fully saturated rings. The van der Waals surface area contributed by atoms with E-state index in [0.29, 0.717) is 12.1 Å². The van der Waals surface area contributed by atoms with Gasteiger partial charge in [0.25, 0.3) is 0 Å². The van der Waals surface area contributed by atoms with Crippen LogP contribution in [0, 0.1) is 24.1 Å². The molecule has 0 saturated heterocycles. The van der Waals surface area contributed by atoms with E-state index in [1.165, 1.54) is 12.1 Å². The van der Waals surface area contributed by atoms with Gasteiger partial charge in [0.05, 0.1) is 17.2 Å². The number of hydrogen-bond donors (Lipinski definition) is 0. The maximum atomic E-state index is 13.3. The summed E-state index contributed by atoms with van der Waals surface area (Å²) in [6, 6.07) is 22.9. The Hall–Kier alpha value is -3.16. The van der Waals surface area contributed by atoms with Crippen molar-refractivity contribution in [3.63, 3.8) is 0 Å². The third-order valence-electron chi connectivity index (χ3n) is 4.92. The Labute approximate surface area is 177 Å². The van der Waals surface area contributed by atoms with Crippen LogP contribution in [0.4, 0.5) is 4.39 Å². The SMILES string of the molecule is Cc1ccc(/C(C#N)=C/c2cn(Cc3ccc(F)cc3)c3cc(Br)ccc23)cc1. The van der Waals surface area contributed by atoms with Crippen molar-refractivity contribution < 1.29 is 4.39 Å². The number of aromatic nitrogens is 1. The van der Waals surface area contributed by atoms with Crippen LogP contribution in [0.3, 0.4) is 0 Å². The summed E-state index contributed by atoms with van der Waals surface area (Å²) in [5, 5.41) is 10.8. The van der Waals surface area contributed by atoms with Gasteiger partial charge in [0, 0.05) is 28.2 Å². The Balaban J connectivity index is 1.81. The molecule has 0 aliphatic heterocycles. The van der Waals surface area contributed by atoms with Crippen LogP contribution in [0.15, 0.2) is 77.4 Å². The molecule has 2 nitrogen and oxygen atoms in total. The molecule has 142 valence electrons. The van der Waals surface area contributed by atoms with Gasteiger partial charge >= 0.3 is 0 Å². The van der Waals surface area contributed by atoms with E-state index in [2.05, 4.69) is 38.7 Å². The smallest absolute Gasteiger partial charge is 0.123 e. The van der Waals surface area contributed by atoms with Gasteiger partial charge in [-0.15, -0.1) is 0 Å². The van der Waals surface area contributed by atoms with Crippen molar-refractivity contribution >= 4 is 38.5 Å². The van der Waals surface area contributed by atoms with Gasteiger partial charge in [-0.25, -0.2) is 4.39 Å². The first-order chi connectivity index (χ1) is 14.0. The Bertz CT molecular complexity index is 1240. The van der Waals surface area contributed by atoms with Crippen molar-refractivity contribution in [3.8, 4) is 6.07 Å². The first-order valence-electron chi connectivity index (χ1n) is 9.25. The molecule has 0 radical (unpaired) electrons. The highest BCUT2D eigenvalue weighted by molar-refractivity contribution is 9.10. The number of fused-ring (bicyclic) bond motifs is 1. The minimum Gasteiger partial charge on any atom is -0.342 e. The van der Waals surface area contributed by atoms with Crippen LogP contribution >= 0.6 is 15.9 Å². The van der Waals surface area contributed by atoms with E-state index in [1.54, 1.807) is 12.1 Å². The molecule has 0 spiro atoms. The lowest BCUT2D eigenvalue weighted by molar-refractivity contribution is 0.626. The second kappa shape index (κ2) is 8.06. The summed E-state index contributed by atoms with van der Waals surface area (Å²) < 4.78 is 16.4. The monoisotopic (exact) mass is 444 g/mol. The highest BCUT2D eigenvalue weighted by Crippen LogP contribution is 2.29. The fraction of sp³-hybridized carbons (Fsp3) is 0.0800. The molecule has 0 unspecified atom stereocenters. The van der Waals surface area contributed by atoms with Crippen LogP contribution in [-0.2, 0) is 6.54 Å². The predicted octanol–water partition coefficient (Wildman–Crippen LogP) is 6.96. The molecular weight excluding hydrogens is 427 g/mol. The Kier molecular flexibility index (Phi) is 5.33. The van der Waals surface area contributed by atoms with Gasteiger partial charge in [0.1, 0.15) is 5.82 Å². The third-order valence-corrected chi connectivity index (χ3v) is 5.42. The highest BCUT2D eigenvalue weighted by atomic mass is 79.9. The Morgan fingerprint density at radius 1 is 1.07 bits per heavy atom. The van der Waals surface area contributed by atoms with Gasteiger partial charge in [0.2, 0.25) is 0 Å². The van der Waals surface area contributed by atoms with Crippen molar-refractivity contribution in [1.82, 2.24) is 4.57 Å². The van der Waals surface area contributed by atoms with Gasteiger partial charge in [-0.2, -0.15) is 5.26 Å². The molecule has 4 rings (SSSR count). The summed E-state index contributed by atoms with van der Waals surface area (Å²) in [6.07, 6.45) is 3.98. The maximum absolute atomic E-state index is 13.3. The van der Waals surface area contributed by atoms with E-state index in [4.69, 9.17) is 0 Å². The zero-order valence-corrected chi connectivity index (χ0v) is 17.4. The van der Waals surface area contributed by atoms with Gasteiger partial charge < -0.3 is 4.57 Å². The quantitative estimate of drug-likeness (QED) is 0.312. The molecule has 0 amide bonds. The number of allylic oxidation sites excluding steroid dienone is 1. The number of hydrogen-bond acceptors (Lipinski definition) is 1. The minimum absolute atomic E-state index is 0.241. The molecule has 29 heavy (non-hydrogen) atoms. The summed E-state index contributed by atoms with van der Waals surface area (Å²) >= 11 is 3.55. The second-order valence-electron chi connectivity index (χ2n) is 7.04. The van der Waals surface area contributed by atoms with Crippen molar-refractivity contribution in [3.05, 3.63) is 105 Å². The van der Waals surface area contributed by atoms with E-state index in [0.717, 1.165) is 37.6 Å². The highest BCUT2D eigenvalue weighted by Gasteiger charge is 2.10. The molecule has 0 saturated carbocycles. The third kappa shape index (κ3) is 4.16. The largest absolute Gasteiger partial charge is 0.342 e. The molecule has 0 atom stereocenters. The van der Waals surface area contributed by atoms with Crippen LogP contribution in [0.25, 0.3) is 22.6 Å². The van der Waals surface area contributed by atoms with Gasteiger partial charge in [0.15, 0.2) is 0 Å². The predicted molar refractivity (Wildman–Crippen MR) is 120 cm³/mol. The lowest BCUT2D eigenvalue weighted by atomic mass is 10.0. The number of aryl methyl sites for hydroxylation is 1. The summed E-state index contributed by atoms with van der Waals surface area (Å²) in [6.45, 7) is 2.65. The number of nitrogens with zero attached hydrogens (tertiary/aromatic N) is 2.